The van der Waals surface area contributed by atoms with Crippen LogP contribution in [-0.2, 0) is 14.3 Å². The van der Waals surface area contributed by atoms with Gasteiger partial charge in [-0.1, -0.05) is 19.4 Å². The van der Waals surface area contributed by atoms with Crippen LogP contribution >= 0.6 is 11.6 Å². The summed E-state index contributed by atoms with van der Waals surface area (Å²) in [5, 5.41) is 5.31. The van der Waals surface area contributed by atoms with Crippen LogP contribution in [0.2, 0.25) is 0 Å². The Kier molecular flexibility index (Phi) is 10.1. The molecule has 0 radical (unpaired) electrons. The monoisotopic (exact) mass is 444 g/mol. The van der Waals surface area contributed by atoms with Crippen LogP contribution in [0.25, 0.3) is 0 Å². The number of alkyl halides is 2. The first-order chi connectivity index (χ1) is 14.4. The summed E-state index contributed by atoms with van der Waals surface area (Å²) in [6.45, 7) is 2.97. The molecule has 5 atom stereocenters. The summed E-state index contributed by atoms with van der Waals surface area (Å²) < 4.78 is 25.6. The SMILES string of the molecule is CCCC1(COC2=CC(F)C(Cl)C=C2)CCC(NC)C(OC(=O)NCCCC=O)C1. The molecule has 1 saturated carbocycles. The third-order valence-corrected chi connectivity index (χ3v) is 6.25. The van der Waals surface area contributed by atoms with Crippen molar-refractivity contribution in [2.24, 2.45) is 5.41 Å². The highest BCUT2D eigenvalue weighted by Gasteiger charge is 2.42. The van der Waals surface area contributed by atoms with Crippen LogP contribution in [0.15, 0.2) is 24.0 Å². The van der Waals surface area contributed by atoms with Crippen molar-refractivity contribution in [1.29, 1.82) is 0 Å². The normalized spacial score (nSPS) is 31.0. The second-order valence-corrected chi connectivity index (χ2v) is 8.68. The molecule has 170 valence electrons. The number of carbonyl (C=O) groups is 2. The van der Waals surface area contributed by atoms with Crippen LogP contribution in [-0.4, -0.2) is 56.3 Å². The number of alkyl carbamates (subject to hydrolysis) is 1. The summed E-state index contributed by atoms with van der Waals surface area (Å²) >= 11 is 5.87. The van der Waals surface area contributed by atoms with Gasteiger partial charge in [-0.05, 0) is 51.3 Å². The van der Waals surface area contributed by atoms with Gasteiger partial charge in [0.25, 0.3) is 0 Å². The number of halogens is 2. The molecule has 30 heavy (non-hydrogen) atoms. The molecule has 8 heteroatoms. The molecule has 6 nitrogen and oxygen atoms in total. The summed E-state index contributed by atoms with van der Waals surface area (Å²) in [5.74, 6) is 0.496. The maximum absolute atomic E-state index is 13.9. The van der Waals surface area contributed by atoms with Crippen molar-refractivity contribution in [1.82, 2.24) is 10.6 Å². The fraction of sp³-hybridized carbons (Fsp3) is 0.727. The number of allylic oxidation sites excluding steroid dienone is 3. The zero-order valence-corrected chi connectivity index (χ0v) is 18.6. The van der Waals surface area contributed by atoms with E-state index in [1.54, 1.807) is 12.2 Å². The van der Waals surface area contributed by atoms with Crippen LogP contribution in [0, 0.1) is 5.41 Å². The van der Waals surface area contributed by atoms with Crippen molar-refractivity contribution in [2.45, 2.75) is 75.6 Å². The van der Waals surface area contributed by atoms with Crippen LogP contribution in [0.3, 0.4) is 0 Å². The predicted molar refractivity (Wildman–Crippen MR) is 115 cm³/mol. The van der Waals surface area contributed by atoms with E-state index in [0.717, 1.165) is 32.0 Å². The number of hydrogen-bond acceptors (Lipinski definition) is 5. The molecule has 2 rings (SSSR count). The first-order valence-electron chi connectivity index (χ1n) is 10.8. The minimum absolute atomic E-state index is 0.0664. The van der Waals surface area contributed by atoms with Crippen molar-refractivity contribution in [3.8, 4) is 0 Å². The van der Waals surface area contributed by atoms with E-state index in [-0.39, 0.29) is 17.6 Å². The van der Waals surface area contributed by atoms with E-state index in [4.69, 9.17) is 21.1 Å². The van der Waals surface area contributed by atoms with Gasteiger partial charge >= 0.3 is 6.09 Å². The Labute approximate surface area is 183 Å². The van der Waals surface area contributed by atoms with E-state index in [2.05, 4.69) is 17.6 Å². The van der Waals surface area contributed by atoms with Gasteiger partial charge < -0.3 is 24.9 Å². The van der Waals surface area contributed by atoms with Crippen LogP contribution in [0.5, 0.6) is 0 Å². The molecule has 0 aromatic rings. The number of rotatable bonds is 11. The quantitative estimate of drug-likeness (QED) is 0.286. The molecule has 2 aliphatic carbocycles. The van der Waals surface area contributed by atoms with E-state index < -0.39 is 17.6 Å². The highest BCUT2D eigenvalue weighted by Crippen LogP contribution is 2.42. The second kappa shape index (κ2) is 12.3. The molecule has 0 aromatic carbocycles. The van der Waals surface area contributed by atoms with Crippen LogP contribution in [0.4, 0.5) is 9.18 Å². The van der Waals surface area contributed by atoms with Crippen molar-refractivity contribution in [2.75, 3.05) is 20.2 Å². The van der Waals surface area contributed by atoms with Crippen LogP contribution < -0.4 is 10.6 Å². The minimum atomic E-state index is -1.26. The van der Waals surface area contributed by atoms with Gasteiger partial charge in [-0.15, -0.1) is 11.6 Å². The summed E-state index contributed by atoms with van der Waals surface area (Å²) in [6.07, 6.45) is 8.91. The smallest absolute Gasteiger partial charge is 0.407 e. The van der Waals surface area contributed by atoms with E-state index in [1.165, 1.54) is 6.08 Å². The summed E-state index contributed by atoms with van der Waals surface area (Å²) in [5.41, 5.74) is -0.150. The van der Waals surface area contributed by atoms with Gasteiger partial charge in [-0.25, -0.2) is 9.18 Å². The largest absolute Gasteiger partial charge is 0.493 e. The molecule has 0 bridgehead atoms. The first-order valence-corrected chi connectivity index (χ1v) is 11.2. The number of likely N-dealkylation sites (N-methyl/N-ethyl adjacent to an activating group) is 1. The van der Waals surface area contributed by atoms with Gasteiger partial charge in [0.2, 0.25) is 0 Å². The Morgan fingerprint density at radius 3 is 2.93 bits per heavy atom. The zero-order valence-electron chi connectivity index (χ0n) is 17.9. The Morgan fingerprint density at radius 2 is 2.27 bits per heavy atom. The number of nitrogens with one attached hydrogen (secondary N) is 2. The Bertz CT molecular complexity index is 630. The first kappa shape index (κ1) is 24.7. The van der Waals surface area contributed by atoms with Gasteiger partial charge in [0, 0.05) is 24.4 Å². The fourth-order valence-electron chi connectivity index (χ4n) is 4.22. The highest BCUT2D eigenvalue weighted by molar-refractivity contribution is 6.22. The fourth-order valence-corrected chi connectivity index (χ4v) is 4.36. The lowest BCUT2D eigenvalue weighted by molar-refractivity contribution is -0.107. The number of aldehydes is 1. The molecule has 0 saturated heterocycles. The second-order valence-electron chi connectivity index (χ2n) is 8.17. The molecule has 0 spiro atoms. The Balaban J connectivity index is 1.99. The molecule has 2 aliphatic rings. The maximum atomic E-state index is 13.9. The number of hydrogen-bond donors (Lipinski definition) is 2. The van der Waals surface area contributed by atoms with E-state index in [0.29, 0.717) is 38.2 Å². The van der Waals surface area contributed by atoms with Crippen LogP contribution in [0.1, 0.15) is 51.9 Å². The lowest BCUT2D eigenvalue weighted by Crippen LogP contribution is -2.50. The molecule has 0 heterocycles. The molecular formula is C22H34ClFN2O4. The minimum Gasteiger partial charge on any atom is -0.493 e. The maximum Gasteiger partial charge on any atom is 0.407 e. The van der Waals surface area contributed by atoms with Gasteiger partial charge in [0.15, 0.2) is 0 Å². The Hall–Kier alpha value is -1.60. The molecule has 0 aromatic heterocycles. The molecule has 1 amide bonds. The lowest BCUT2D eigenvalue weighted by atomic mass is 9.69. The number of amides is 1. The number of carbonyl (C=O) groups excluding carboxylic acids is 2. The van der Waals surface area contributed by atoms with E-state index in [1.807, 2.05) is 7.05 Å². The summed E-state index contributed by atoms with van der Waals surface area (Å²) in [6, 6.07) is 0.0664. The van der Waals surface area contributed by atoms with Gasteiger partial charge in [0.05, 0.1) is 12.0 Å². The Morgan fingerprint density at radius 1 is 1.47 bits per heavy atom. The van der Waals surface area contributed by atoms with Gasteiger partial charge in [0.1, 0.15) is 24.3 Å². The average Bonchev–Trinajstić information content (AvgIpc) is 2.73. The lowest BCUT2D eigenvalue weighted by Gasteiger charge is -2.44. The highest BCUT2D eigenvalue weighted by atomic mass is 35.5. The topological polar surface area (TPSA) is 76.7 Å². The molecule has 1 fully saturated rings. The average molecular weight is 445 g/mol. The number of ether oxygens (including phenoxy) is 2. The molecule has 5 unspecified atom stereocenters. The molecule has 2 N–H and O–H groups in total. The summed E-state index contributed by atoms with van der Waals surface area (Å²) in [7, 11) is 1.87. The van der Waals surface area contributed by atoms with Crippen molar-refractivity contribution < 1.29 is 23.5 Å². The van der Waals surface area contributed by atoms with Gasteiger partial charge in [-0.2, -0.15) is 0 Å². The molecule has 0 aliphatic heterocycles. The molecular weight excluding hydrogens is 411 g/mol. The summed E-state index contributed by atoms with van der Waals surface area (Å²) in [4.78, 5) is 22.6. The standard InChI is InChI=1S/C22H34ClFN2O4/c1-3-9-22(15-29-16-6-7-17(23)18(24)13-16)10-8-19(25-2)20(14-22)30-21(28)26-11-4-5-12-27/h6-7,12-13,17-20,25H,3-5,8-11,14-15H2,1-2H3,(H,26,28). The predicted octanol–water partition coefficient (Wildman–Crippen LogP) is 4.03. The van der Waals surface area contributed by atoms with E-state index >= 15 is 0 Å². The van der Waals surface area contributed by atoms with Crippen molar-refractivity contribution >= 4 is 24.0 Å². The third kappa shape index (κ3) is 7.27. The van der Waals surface area contributed by atoms with E-state index in [9.17, 15) is 14.0 Å². The number of unbranched alkanes of at least 4 members (excludes halogenated alkanes) is 1. The van der Waals surface area contributed by atoms with Crippen molar-refractivity contribution in [3.63, 3.8) is 0 Å². The van der Waals surface area contributed by atoms with Gasteiger partial charge in [-0.3, -0.25) is 0 Å². The van der Waals surface area contributed by atoms with Crippen molar-refractivity contribution in [3.05, 3.63) is 24.0 Å². The third-order valence-electron chi connectivity index (χ3n) is 5.86. The zero-order chi connectivity index (χ0) is 22.0.